The van der Waals surface area contributed by atoms with Crippen LogP contribution in [-0.2, 0) is 9.53 Å². The van der Waals surface area contributed by atoms with Gasteiger partial charge in [-0.1, -0.05) is 18.6 Å². The second-order valence-electron chi connectivity index (χ2n) is 4.70. The fourth-order valence-electron chi connectivity index (χ4n) is 1.83. The van der Waals surface area contributed by atoms with Crippen LogP contribution in [0.1, 0.15) is 44.1 Å². The van der Waals surface area contributed by atoms with E-state index in [-0.39, 0.29) is 18.5 Å². The summed E-state index contributed by atoms with van der Waals surface area (Å²) in [6, 6.07) is 7.31. The van der Waals surface area contributed by atoms with E-state index in [0.717, 1.165) is 31.2 Å². The molecule has 0 aliphatic rings. The number of esters is 1. The number of aliphatic hydroxyl groups excluding tert-OH is 1. The Hall–Kier alpha value is -1.55. The maximum Gasteiger partial charge on any atom is 0.313 e. The third kappa shape index (κ3) is 5.75. The number of carbonyl (C=O) groups is 1. The van der Waals surface area contributed by atoms with E-state index in [1.54, 1.807) is 12.1 Å². The Morgan fingerprint density at radius 2 is 2.05 bits per heavy atom. The van der Waals surface area contributed by atoms with Gasteiger partial charge in [-0.25, -0.2) is 0 Å². The fourth-order valence-corrected chi connectivity index (χ4v) is 1.83. The van der Waals surface area contributed by atoms with Gasteiger partial charge in [0.2, 0.25) is 0 Å². The number of ether oxygens (including phenoxy) is 1. The summed E-state index contributed by atoms with van der Waals surface area (Å²) in [5.74, 6) is -0.506. The molecular formula is C15H23NO3. The van der Waals surface area contributed by atoms with Crippen molar-refractivity contribution in [2.45, 2.75) is 38.5 Å². The number of hydrogen-bond acceptors (Lipinski definition) is 4. The number of aliphatic hydroxyl groups is 1. The third-order valence-corrected chi connectivity index (χ3v) is 3.06. The van der Waals surface area contributed by atoms with Crippen molar-refractivity contribution in [2.24, 2.45) is 0 Å². The highest BCUT2D eigenvalue weighted by Gasteiger charge is 2.16. The first-order valence-corrected chi connectivity index (χ1v) is 6.78. The Labute approximate surface area is 114 Å². The predicted molar refractivity (Wildman–Crippen MR) is 75.8 cm³/mol. The maximum absolute atomic E-state index is 11.8. The number of nitrogen functional groups attached to an aromatic ring is 1. The molecule has 0 amide bonds. The summed E-state index contributed by atoms with van der Waals surface area (Å²) in [4.78, 5) is 11.8. The number of carbonyl (C=O) groups excluding carboxylic acids is 1. The quantitative estimate of drug-likeness (QED) is 0.430. The van der Waals surface area contributed by atoms with Crippen LogP contribution in [0.5, 0.6) is 0 Å². The smallest absolute Gasteiger partial charge is 0.313 e. The first kappa shape index (κ1) is 15.5. The molecule has 4 nitrogen and oxygen atoms in total. The van der Waals surface area contributed by atoms with Crippen LogP contribution in [0.25, 0.3) is 0 Å². The number of benzene rings is 1. The van der Waals surface area contributed by atoms with Gasteiger partial charge in [-0.2, -0.15) is 0 Å². The molecule has 106 valence electrons. The van der Waals surface area contributed by atoms with Gasteiger partial charge in [0.05, 0.1) is 12.5 Å². The second-order valence-corrected chi connectivity index (χ2v) is 4.70. The topological polar surface area (TPSA) is 72.5 Å². The largest absolute Gasteiger partial charge is 0.465 e. The third-order valence-electron chi connectivity index (χ3n) is 3.06. The predicted octanol–water partition coefficient (Wildman–Crippen LogP) is 2.47. The van der Waals surface area contributed by atoms with Gasteiger partial charge in [0.1, 0.15) is 0 Å². The van der Waals surface area contributed by atoms with Gasteiger partial charge in [0, 0.05) is 12.3 Å². The minimum atomic E-state index is -0.291. The number of unbranched alkanes of at least 4 members (excludes halogenated alkanes) is 3. The van der Waals surface area contributed by atoms with Crippen molar-refractivity contribution in [3.05, 3.63) is 29.8 Å². The molecule has 0 spiro atoms. The zero-order valence-electron chi connectivity index (χ0n) is 11.5. The Morgan fingerprint density at radius 1 is 1.32 bits per heavy atom. The van der Waals surface area contributed by atoms with Crippen molar-refractivity contribution in [1.29, 1.82) is 0 Å². The van der Waals surface area contributed by atoms with Crippen molar-refractivity contribution >= 4 is 11.7 Å². The van der Waals surface area contributed by atoms with Gasteiger partial charge in [0.25, 0.3) is 0 Å². The molecule has 0 fully saturated rings. The van der Waals surface area contributed by atoms with Gasteiger partial charge in [-0.3, -0.25) is 4.79 Å². The minimum Gasteiger partial charge on any atom is -0.465 e. The average Bonchev–Trinajstić information content (AvgIpc) is 2.41. The van der Waals surface area contributed by atoms with Gasteiger partial charge < -0.3 is 15.6 Å². The highest BCUT2D eigenvalue weighted by atomic mass is 16.5. The first-order valence-electron chi connectivity index (χ1n) is 6.78. The number of hydrogen-bond donors (Lipinski definition) is 2. The van der Waals surface area contributed by atoms with Crippen molar-refractivity contribution in [3.8, 4) is 0 Å². The van der Waals surface area contributed by atoms with E-state index < -0.39 is 0 Å². The van der Waals surface area contributed by atoms with Crippen LogP contribution in [0.15, 0.2) is 24.3 Å². The van der Waals surface area contributed by atoms with Crippen LogP contribution in [-0.4, -0.2) is 24.3 Å². The van der Waals surface area contributed by atoms with Gasteiger partial charge >= 0.3 is 5.97 Å². The number of rotatable bonds is 8. The molecule has 1 unspecified atom stereocenters. The van der Waals surface area contributed by atoms with Crippen LogP contribution in [0, 0.1) is 0 Å². The Morgan fingerprint density at radius 3 is 2.74 bits per heavy atom. The fraction of sp³-hybridized carbons (Fsp3) is 0.533. The normalized spacial score (nSPS) is 12.1. The van der Waals surface area contributed by atoms with Gasteiger partial charge in [-0.15, -0.1) is 0 Å². The summed E-state index contributed by atoms with van der Waals surface area (Å²) in [5.41, 5.74) is 7.23. The summed E-state index contributed by atoms with van der Waals surface area (Å²) in [6.07, 6.45) is 3.60. The van der Waals surface area contributed by atoms with E-state index in [9.17, 15) is 4.79 Å². The molecule has 1 atom stereocenters. The van der Waals surface area contributed by atoms with Crippen molar-refractivity contribution in [3.63, 3.8) is 0 Å². The zero-order valence-corrected chi connectivity index (χ0v) is 11.5. The molecular weight excluding hydrogens is 242 g/mol. The molecule has 1 aromatic carbocycles. The molecule has 19 heavy (non-hydrogen) atoms. The van der Waals surface area contributed by atoms with Gasteiger partial charge in [-0.05, 0) is 43.9 Å². The van der Waals surface area contributed by atoms with Crippen LogP contribution in [0.2, 0.25) is 0 Å². The molecule has 1 rings (SSSR count). The molecule has 0 saturated heterocycles. The second kappa shape index (κ2) is 8.53. The molecule has 0 bridgehead atoms. The van der Waals surface area contributed by atoms with Crippen LogP contribution >= 0.6 is 0 Å². The Kier molecular flexibility index (Phi) is 6.97. The lowest BCUT2D eigenvalue weighted by atomic mass is 10.0. The summed E-state index contributed by atoms with van der Waals surface area (Å²) in [7, 11) is 0. The van der Waals surface area contributed by atoms with E-state index in [1.165, 1.54) is 0 Å². The highest BCUT2D eigenvalue weighted by molar-refractivity contribution is 5.78. The molecule has 3 N–H and O–H groups in total. The van der Waals surface area contributed by atoms with E-state index in [2.05, 4.69) is 0 Å². The van der Waals surface area contributed by atoms with E-state index >= 15 is 0 Å². The minimum absolute atomic E-state index is 0.215. The lowest BCUT2D eigenvalue weighted by molar-refractivity contribution is -0.145. The number of anilines is 1. The van der Waals surface area contributed by atoms with E-state index in [4.69, 9.17) is 15.6 Å². The van der Waals surface area contributed by atoms with Gasteiger partial charge in [0.15, 0.2) is 0 Å². The lowest BCUT2D eigenvalue weighted by Gasteiger charge is -2.12. The van der Waals surface area contributed by atoms with E-state index in [0.29, 0.717) is 12.3 Å². The Bertz CT molecular complexity index is 393. The van der Waals surface area contributed by atoms with Crippen LogP contribution < -0.4 is 5.73 Å². The SMILES string of the molecule is CC(C(=O)OCCCCCCO)c1cccc(N)c1. The zero-order chi connectivity index (χ0) is 14.1. The average molecular weight is 265 g/mol. The maximum atomic E-state index is 11.8. The van der Waals surface area contributed by atoms with E-state index in [1.807, 2.05) is 19.1 Å². The van der Waals surface area contributed by atoms with Crippen molar-refractivity contribution in [1.82, 2.24) is 0 Å². The molecule has 0 aromatic heterocycles. The summed E-state index contributed by atoms with van der Waals surface area (Å²) in [5, 5.41) is 8.64. The monoisotopic (exact) mass is 265 g/mol. The van der Waals surface area contributed by atoms with Crippen molar-refractivity contribution < 1.29 is 14.6 Å². The first-order chi connectivity index (χ1) is 9.15. The molecule has 0 radical (unpaired) electrons. The van der Waals surface area contributed by atoms with Crippen molar-refractivity contribution in [2.75, 3.05) is 18.9 Å². The van der Waals surface area contributed by atoms with Crippen LogP contribution in [0.4, 0.5) is 5.69 Å². The molecule has 0 aliphatic carbocycles. The highest BCUT2D eigenvalue weighted by Crippen LogP contribution is 2.19. The molecule has 1 aromatic rings. The van der Waals surface area contributed by atoms with Crippen LogP contribution in [0.3, 0.4) is 0 Å². The number of nitrogens with two attached hydrogens (primary N) is 1. The molecule has 0 saturated carbocycles. The molecule has 0 aliphatic heterocycles. The summed E-state index contributed by atoms with van der Waals surface area (Å²) >= 11 is 0. The molecule has 4 heteroatoms. The Balaban J connectivity index is 2.29. The molecule has 0 heterocycles. The lowest BCUT2D eigenvalue weighted by Crippen LogP contribution is -2.14. The summed E-state index contributed by atoms with van der Waals surface area (Å²) in [6.45, 7) is 2.49. The standard InChI is InChI=1S/C15H23NO3/c1-12(13-7-6-8-14(16)11-13)15(18)19-10-5-3-2-4-9-17/h6-8,11-12,17H,2-5,9-10,16H2,1H3. The summed E-state index contributed by atoms with van der Waals surface area (Å²) < 4.78 is 5.24.